The van der Waals surface area contributed by atoms with Gasteiger partial charge in [-0.25, -0.2) is 12.8 Å². The second-order valence-corrected chi connectivity index (χ2v) is 7.74. The summed E-state index contributed by atoms with van der Waals surface area (Å²) in [5.74, 6) is -0.618. The summed E-state index contributed by atoms with van der Waals surface area (Å²) in [6, 6.07) is 12.7. The first-order valence-corrected chi connectivity index (χ1v) is 9.70. The topological polar surface area (TPSA) is 66.5 Å². The maximum Gasteiger partial charge on any atom is 0.232 e. The Hall–Kier alpha value is -2.41. The fraction of sp³-hybridized carbons (Fsp3) is 0.278. The summed E-state index contributed by atoms with van der Waals surface area (Å²) < 4.78 is 38.1. The van der Waals surface area contributed by atoms with Crippen LogP contribution in [0.2, 0.25) is 0 Å². The normalized spacial score (nSPS) is 11.2. The van der Waals surface area contributed by atoms with Crippen molar-refractivity contribution in [3.05, 3.63) is 59.9 Å². The second-order valence-electron chi connectivity index (χ2n) is 5.83. The van der Waals surface area contributed by atoms with E-state index in [1.54, 1.807) is 6.07 Å². The Bertz CT molecular complexity index is 836. The van der Waals surface area contributed by atoms with Gasteiger partial charge in [0.05, 0.1) is 11.9 Å². The van der Waals surface area contributed by atoms with Gasteiger partial charge in [-0.1, -0.05) is 12.1 Å². The zero-order chi connectivity index (χ0) is 18.4. The summed E-state index contributed by atoms with van der Waals surface area (Å²) >= 11 is 0. The highest BCUT2D eigenvalue weighted by Crippen LogP contribution is 2.19. The molecule has 7 heteroatoms. The maximum absolute atomic E-state index is 13.0. The summed E-state index contributed by atoms with van der Waals surface area (Å²) in [7, 11) is -3.51. The molecule has 2 aromatic carbocycles. The van der Waals surface area contributed by atoms with Crippen LogP contribution in [0.25, 0.3) is 0 Å². The van der Waals surface area contributed by atoms with E-state index in [1.165, 1.54) is 28.6 Å². The molecule has 0 heterocycles. The van der Waals surface area contributed by atoms with Crippen LogP contribution in [0.4, 0.5) is 15.8 Å². The number of carbonyl (C=O) groups excluding carboxylic acids is 1. The van der Waals surface area contributed by atoms with Gasteiger partial charge in [-0.15, -0.1) is 0 Å². The number of hydrogen-bond acceptors (Lipinski definition) is 3. The molecule has 0 aliphatic rings. The van der Waals surface area contributed by atoms with Crippen molar-refractivity contribution in [2.75, 3.05) is 22.4 Å². The minimum atomic E-state index is -3.51. The molecule has 5 nitrogen and oxygen atoms in total. The summed E-state index contributed by atoms with van der Waals surface area (Å²) in [5, 5.41) is 2.79. The number of sulfonamides is 1. The van der Waals surface area contributed by atoms with E-state index in [0.29, 0.717) is 17.8 Å². The molecule has 0 fully saturated rings. The first-order valence-electron chi connectivity index (χ1n) is 7.85. The Labute approximate surface area is 147 Å². The van der Waals surface area contributed by atoms with E-state index >= 15 is 0 Å². The standard InChI is InChI=1S/C18H21FN2O3S/c1-14-5-3-6-16(13-14)20-18(22)7-4-12-21(25(2,23)24)17-10-8-15(19)9-11-17/h3,5-6,8-11,13H,4,7,12H2,1-2H3,(H,20,22). The van der Waals surface area contributed by atoms with E-state index in [-0.39, 0.29) is 18.9 Å². The van der Waals surface area contributed by atoms with Gasteiger partial charge in [0.2, 0.25) is 15.9 Å². The molecular weight excluding hydrogens is 343 g/mol. The molecule has 134 valence electrons. The molecule has 2 aromatic rings. The highest BCUT2D eigenvalue weighted by atomic mass is 32.2. The quantitative estimate of drug-likeness (QED) is 0.820. The smallest absolute Gasteiger partial charge is 0.232 e. The number of benzene rings is 2. The molecule has 0 aliphatic carbocycles. The second kappa shape index (κ2) is 8.11. The lowest BCUT2D eigenvalue weighted by Crippen LogP contribution is -2.31. The molecule has 0 aliphatic heterocycles. The monoisotopic (exact) mass is 364 g/mol. The van der Waals surface area contributed by atoms with Crippen LogP contribution in [0.1, 0.15) is 18.4 Å². The summed E-state index contributed by atoms with van der Waals surface area (Å²) in [4.78, 5) is 12.0. The van der Waals surface area contributed by atoms with Gasteiger partial charge < -0.3 is 5.32 Å². The summed E-state index contributed by atoms with van der Waals surface area (Å²) in [6.45, 7) is 2.08. The van der Waals surface area contributed by atoms with Crippen molar-refractivity contribution in [1.29, 1.82) is 0 Å². The van der Waals surface area contributed by atoms with Crippen molar-refractivity contribution < 1.29 is 17.6 Å². The molecule has 0 atom stereocenters. The Morgan fingerprint density at radius 3 is 2.44 bits per heavy atom. The van der Waals surface area contributed by atoms with Crippen molar-refractivity contribution >= 4 is 27.3 Å². The van der Waals surface area contributed by atoms with Crippen LogP contribution in [-0.2, 0) is 14.8 Å². The number of nitrogens with one attached hydrogen (secondary N) is 1. The highest BCUT2D eigenvalue weighted by molar-refractivity contribution is 7.92. The average molecular weight is 364 g/mol. The Kier molecular flexibility index (Phi) is 6.14. The van der Waals surface area contributed by atoms with Gasteiger partial charge in [0.15, 0.2) is 0 Å². The maximum atomic E-state index is 13.0. The fourth-order valence-electron chi connectivity index (χ4n) is 2.42. The largest absolute Gasteiger partial charge is 0.326 e. The predicted molar refractivity (Wildman–Crippen MR) is 97.6 cm³/mol. The molecule has 0 saturated heterocycles. The van der Waals surface area contributed by atoms with Crippen molar-refractivity contribution in [2.45, 2.75) is 19.8 Å². The van der Waals surface area contributed by atoms with E-state index in [4.69, 9.17) is 0 Å². The first kappa shape index (κ1) is 18.9. The van der Waals surface area contributed by atoms with Gasteiger partial charge >= 0.3 is 0 Å². The molecule has 1 amide bonds. The lowest BCUT2D eigenvalue weighted by Gasteiger charge is -2.22. The zero-order valence-electron chi connectivity index (χ0n) is 14.2. The van der Waals surface area contributed by atoms with Crippen LogP contribution in [0.15, 0.2) is 48.5 Å². The lowest BCUT2D eigenvalue weighted by molar-refractivity contribution is -0.116. The highest BCUT2D eigenvalue weighted by Gasteiger charge is 2.17. The zero-order valence-corrected chi connectivity index (χ0v) is 15.0. The number of nitrogens with zero attached hydrogens (tertiary/aromatic N) is 1. The molecule has 0 radical (unpaired) electrons. The van der Waals surface area contributed by atoms with Crippen molar-refractivity contribution in [3.8, 4) is 0 Å². The molecule has 1 N–H and O–H groups in total. The number of rotatable bonds is 7. The summed E-state index contributed by atoms with van der Waals surface area (Å²) in [5.41, 5.74) is 2.13. The molecule has 0 bridgehead atoms. The Morgan fingerprint density at radius 1 is 1.16 bits per heavy atom. The van der Waals surface area contributed by atoms with E-state index < -0.39 is 15.8 Å². The van der Waals surface area contributed by atoms with E-state index in [1.807, 2.05) is 25.1 Å². The lowest BCUT2D eigenvalue weighted by atomic mass is 10.2. The number of halogens is 1. The van der Waals surface area contributed by atoms with E-state index in [0.717, 1.165) is 11.8 Å². The molecule has 0 saturated carbocycles. The van der Waals surface area contributed by atoms with E-state index in [9.17, 15) is 17.6 Å². The van der Waals surface area contributed by atoms with Crippen molar-refractivity contribution in [1.82, 2.24) is 0 Å². The molecular formula is C18H21FN2O3S. The third-order valence-corrected chi connectivity index (χ3v) is 4.78. The molecule has 0 unspecified atom stereocenters. The third-order valence-electron chi connectivity index (χ3n) is 3.58. The van der Waals surface area contributed by atoms with Gasteiger partial charge in [-0.2, -0.15) is 0 Å². The molecule has 2 rings (SSSR count). The van der Waals surface area contributed by atoms with Gasteiger partial charge in [0, 0.05) is 18.7 Å². The minimum Gasteiger partial charge on any atom is -0.326 e. The van der Waals surface area contributed by atoms with Crippen molar-refractivity contribution in [2.24, 2.45) is 0 Å². The molecule has 0 aromatic heterocycles. The number of amides is 1. The van der Waals surface area contributed by atoms with Crippen LogP contribution in [-0.4, -0.2) is 27.1 Å². The number of hydrogen-bond donors (Lipinski definition) is 1. The minimum absolute atomic E-state index is 0.145. The van der Waals surface area contributed by atoms with Crippen LogP contribution in [0, 0.1) is 12.7 Å². The number of aryl methyl sites for hydroxylation is 1. The molecule has 0 spiro atoms. The van der Waals surface area contributed by atoms with Crippen LogP contribution >= 0.6 is 0 Å². The van der Waals surface area contributed by atoms with Gasteiger partial charge in [-0.3, -0.25) is 9.10 Å². The number of carbonyl (C=O) groups is 1. The average Bonchev–Trinajstić information content (AvgIpc) is 2.51. The first-order chi connectivity index (χ1) is 11.8. The Balaban J connectivity index is 1.95. The Morgan fingerprint density at radius 2 is 1.84 bits per heavy atom. The van der Waals surface area contributed by atoms with Crippen LogP contribution in [0.5, 0.6) is 0 Å². The van der Waals surface area contributed by atoms with Gasteiger partial charge in [-0.05, 0) is 55.3 Å². The van der Waals surface area contributed by atoms with Gasteiger partial charge in [0.1, 0.15) is 5.82 Å². The molecule has 25 heavy (non-hydrogen) atoms. The SMILES string of the molecule is Cc1cccc(NC(=O)CCCN(c2ccc(F)cc2)S(C)(=O)=O)c1. The van der Waals surface area contributed by atoms with Crippen LogP contribution in [0.3, 0.4) is 0 Å². The number of anilines is 2. The van der Waals surface area contributed by atoms with Gasteiger partial charge in [0.25, 0.3) is 0 Å². The third kappa shape index (κ3) is 5.86. The van der Waals surface area contributed by atoms with Crippen molar-refractivity contribution in [3.63, 3.8) is 0 Å². The van der Waals surface area contributed by atoms with Crippen LogP contribution < -0.4 is 9.62 Å². The fourth-order valence-corrected chi connectivity index (χ4v) is 3.39. The van der Waals surface area contributed by atoms with E-state index in [2.05, 4.69) is 5.32 Å². The summed E-state index contributed by atoms with van der Waals surface area (Å²) in [6.07, 6.45) is 1.62. The predicted octanol–water partition coefficient (Wildman–Crippen LogP) is 3.32.